The molecule has 2 aromatic rings. The van der Waals surface area contributed by atoms with Gasteiger partial charge in [0, 0.05) is 5.56 Å². The maximum atomic E-state index is 13.7. The zero-order valence-corrected chi connectivity index (χ0v) is 14.7. The number of benzene rings is 1. The zero-order chi connectivity index (χ0) is 17.6. The van der Waals surface area contributed by atoms with Crippen molar-refractivity contribution in [1.29, 1.82) is 5.26 Å². The summed E-state index contributed by atoms with van der Waals surface area (Å²) < 4.78 is 13.7. The molecule has 0 atom stereocenters. The fourth-order valence-corrected chi connectivity index (χ4v) is 3.76. The minimum Gasteiger partial charge on any atom is -0.235 e. The molecule has 0 N–H and O–H groups in total. The monoisotopic (exact) mass is 337 g/mol. The van der Waals surface area contributed by atoms with Crippen LogP contribution in [0.15, 0.2) is 30.5 Å². The van der Waals surface area contributed by atoms with E-state index in [0.29, 0.717) is 11.7 Å². The topological polar surface area (TPSA) is 49.6 Å². The van der Waals surface area contributed by atoms with Crippen LogP contribution in [0, 0.1) is 23.2 Å². The lowest BCUT2D eigenvalue weighted by molar-refractivity contribution is 0.304. The lowest BCUT2D eigenvalue weighted by atomic mass is 9.77. The second-order valence-corrected chi connectivity index (χ2v) is 6.99. The highest BCUT2D eigenvalue weighted by molar-refractivity contribution is 5.55. The third-order valence-corrected chi connectivity index (χ3v) is 5.32. The van der Waals surface area contributed by atoms with Crippen molar-refractivity contribution in [2.24, 2.45) is 5.92 Å². The highest BCUT2D eigenvalue weighted by atomic mass is 19.1. The van der Waals surface area contributed by atoms with Crippen LogP contribution in [0.25, 0.3) is 11.4 Å². The third-order valence-electron chi connectivity index (χ3n) is 5.32. The Balaban J connectivity index is 1.65. The van der Waals surface area contributed by atoms with Gasteiger partial charge in [-0.05, 0) is 43.1 Å². The molecule has 130 valence electrons. The average molecular weight is 337 g/mol. The Morgan fingerprint density at radius 1 is 1.16 bits per heavy atom. The first-order valence-corrected chi connectivity index (χ1v) is 9.24. The van der Waals surface area contributed by atoms with E-state index in [1.165, 1.54) is 56.7 Å². The van der Waals surface area contributed by atoms with Gasteiger partial charge in [-0.1, -0.05) is 50.5 Å². The average Bonchev–Trinajstić information content (AvgIpc) is 2.67. The van der Waals surface area contributed by atoms with Gasteiger partial charge < -0.3 is 0 Å². The Hall–Kier alpha value is -2.28. The smallest absolute Gasteiger partial charge is 0.234 e. The van der Waals surface area contributed by atoms with E-state index in [-0.39, 0.29) is 5.56 Å². The number of nitrogens with zero attached hydrogens (tertiary/aromatic N) is 3. The number of rotatable bonds is 5. The molecule has 1 fully saturated rings. The van der Waals surface area contributed by atoms with Crippen LogP contribution in [-0.4, -0.2) is 9.97 Å². The first kappa shape index (κ1) is 17.5. The molecule has 1 heterocycles. The van der Waals surface area contributed by atoms with Gasteiger partial charge in [0.2, 0.25) is 5.95 Å². The largest absolute Gasteiger partial charge is 0.235 e. The van der Waals surface area contributed by atoms with E-state index >= 15 is 0 Å². The molecule has 3 nitrogen and oxygen atoms in total. The molecule has 1 aromatic carbocycles. The lowest BCUT2D eigenvalue weighted by Crippen LogP contribution is -2.13. The minimum atomic E-state index is -0.762. The van der Waals surface area contributed by atoms with Gasteiger partial charge in [0.25, 0.3) is 0 Å². The number of aromatic nitrogens is 2. The normalized spacial score (nSPS) is 20.2. The molecule has 1 aliphatic carbocycles. The Morgan fingerprint density at radius 2 is 1.88 bits per heavy atom. The predicted octanol–water partition coefficient (Wildman–Crippen LogP) is 5.62. The lowest BCUT2D eigenvalue weighted by Gasteiger charge is -2.28. The van der Waals surface area contributed by atoms with Crippen molar-refractivity contribution in [3.8, 4) is 17.5 Å². The molecule has 0 saturated heterocycles. The maximum absolute atomic E-state index is 13.7. The second kappa shape index (κ2) is 8.20. The van der Waals surface area contributed by atoms with Gasteiger partial charge in [0.1, 0.15) is 11.6 Å². The van der Waals surface area contributed by atoms with Crippen LogP contribution in [0.1, 0.15) is 68.9 Å². The number of nitriles is 1. The van der Waals surface area contributed by atoms with E-state index in [1.54, 1.807) is 6.07 Å². The van der Waals surface area contributed by atoms with Gasteiger partial charge in [-0.2, -0.15) is 14.6 Å². The Kier molecular flexibility index (Phi) is 5.75. The molecule has 1 aromatic heterocycles. The zero-order valence-electron chi connectivity index (χ0n) is 14.7. The summed E-state index contributed by atoms with van der Waals surface area (Å²) >= 11 is 0. The van der Waals surface area contributed by atoms with Crippen LogP contribution in [-0.2, 0) is 0 Å². The van der Waals surface area contributed by atoms with E-state index in [9.17, 15) is 4.39 Å². The fraction of sp³-hybridized carbons (Fsp3) is 0.476. The minimum absolute atomic E-state index is 0.125. The number of halogens is 1. The van der Waals surface area contributed by atoms with Crippen LogP contribution in [0.5, 0.6) is 0 Å². The highest BCUT2D eigenvalue weighted by Gasteiger charge is 2.22. The van der Waals surface area contributed by atoms with Crippen molar-refractivity contribution in [1.82, 2.24) is 9.97 Å². The molecular formula is C21H24FN3. The summed E-state index contributed by atoms with van der Waals surface area (Å²) in [4.78, 5) is 7.88. The van der Waals surface area contributed by atoms with Crippen LogP contribution in [0.4, 0.5) is 4.39 Å². The van der Waals surface area contributed by atoms with Gasteiger partial charge in [-0.25, -0.2) is 4.98 Å². The van der Waals surface area contributed by atoms with Crippen molar-refractivity contribution in [3.63, 3.8) is 0 Å². The van der Waals surface area contributed by atoms with Crippen LogP contribution in [0.2, 0.25) is 0 Å². The fourth-order valence-electron chi connectivity index (χ4n) is 3.76. The summed E-state index contributed by atoms with van der Waals surface area (Å²) in [5, 5.41) is 8.76. The third kappa shape index (κ3) is 4.22. The molecule has 0 unspecified atom stereocenters. The predicted molar refractivity (Wildman–Crippen MR) is 96.4 cm³/mol. The van der Waals surface area contributed by atoms with Crippen LogP contribution >= 0.6 is 0 Å². The van der Waals surface area contributed by atoms with Gasteiger partial charge in [0.05, 0.1) is 6.20 Å². The molecule has 0 aliphatic heterocycles. The van der Waals surface area contributed by atoms with Crippen LogP contribution in [0.3, 0.4) is 0 Å². The van der Waals surface area contributed by atoms with E-state index in [0.717, 1.165) is 11.5 Å². The summed E-state index contributed by atoms with van der Waals surface area (Å²) in [6, 6.07) is 9.89. The summed E-state index contributed by atoms with van der Waals surface area (Å²) in [5.41, 5.74) is 2.01. The van der Waals surface area contributed by atoms with E-state index in [2.05, 4.69) is 29.0 Å². The Morgan fingerprint density at radius 3 is 2.48 bits per heavy atom. The molecular weight excluding hydrogens is 313 g/mol. The molecule has 1 saturated carbocycles. The summed E-state index contributed by atoms with van der Waals surface area (Å²) in [6.45, 7) is 2.26. The van der Waals surface area contributed by atoms with Crippen molar-refractivity contribution < 1.29 is 4.39 Å². The summed E-state index contributed by atoms with van der Waals surface area (Å²) in [6.07, 6.45) is 10.4. The second-order valence-electron chi connectivity index (χ2n) is 6.99. The molecule has 0 bridgehead atoms. The first-order chi connectivity index (χ1) is 12.2. The Bertz CT molecular complexity index is 741. The number of hydrogen-bond donors (Lipinski definition) is 0. The molecule has 0 spiro atoms. The maximum Gasteiger partial charge on any atom is 0.234 e. The number of unbranched alkanes of at least 4 members (excludes halogenated alkanes) is 1. The van der Waals surface area contributed by atoms with Crippen LogP contribution < -0.4 is 0 Å². The Labute approximate surface area is 148 Å². The quantitative estimate of drug-likeness (QED) is 0.665. The molecule has 4 heteroatoms. The molecule has 3 rings (SSSR count). The van der Waals surface area contributed by atoms with Gasteiger partial charge in [-0.15, -0.1) is 0 Å². The molecule has 25 heavy (non-hydrogen) atoms. The SMILES string of the molecule is CCCC[C@H]1CC[C@H](c2ccc(-c3ncc(C#N)c(F)n3)cc2)CC1. The van der Waals surface area contributed by atoms with E-state index < -0.39 is 5.95 Å². The summed E-state index contributed by atoms with van der Waals surface area (Å²) in [7, 11) is 0. The van der Waals surface area contributed by atoms with E-state index in [4.69, 9.17) is 5.26 Å². The molecule has 1 aliphatic rings. The van der Waals surface area contributed by atoms with Gasteiger partial charge in [-0.3, -0.25) is 0 Å². The standard InChI is InChI=1S/C21H24FN3/c1-2-3-4-15-5-7-16(8-6-15)17-9-11-18(12-10-17)21-24-14-19(13-23)20(22)25-21/h9-12,14-16H,2-8H2,1H3/t15-,16-. The van der Waals surface area contributed by atoms with Crippen molar-refractivity contribution in [2.75, 3.05) is 0 Å². The van der Waals surface area contributed by atoms with Gasteiger partial charge in [0.15, 0.2) is 5.82 Å². The van der Waals surface area contributed by atoms with Crippen molar-refractivity contribution in [2.45, 2.75) is 57.8 Å². The van der Waals surface area contributed by atoms with E-state index in [1.807, 2.05) is 12.1 Å². The summed E-state index contributed by atoms with van der Waals surface area (Å²) in [5.74, 6) is 1.10. The van der Waals surface area contributed by atoms with Crippen molar-refractivity contribution >= 4 is 0 Å². The first-order valence-electron chi connectivity index (χ1n) is 9.24. The molecule has 0 radical (unpaired) electrons. The van der Waals surface area contributed by atoms with Gasteiger partial charge >= 0.3 is 0 Å². The highest BCUT2D eigenvalue weighted by Crippen LogP contribution is 2.38. The van der Waals surface area contributed by atoms with Crippen molar-refractivity contribution in [3.05, 3.63) is 47.5 Å². The molecule has 0 amide bonds. The number of hydrogen-bond acceptors (Lipinski definition) is 3.